The van der Waals surface area contributed by atoms with Crippen molar-refractivity contribution in [3.63, 3.8) is 0 Å². The lowest BCUT2D eigenvalue weighted by Gasteiger charge is -2.02. The van der Waals surface area contributed by atoms with Crippen LogP contribution in [0.4, 0.5) is 0 Å². The Morgan fingerprint density at radius 1 is 0.632 bits per heavy atom. The molecule has 0 unspecified atom stereocenters. The molecule has 2 rings (SSSR count). The van der Waals surface area contributed by atoms with Gasteiger partial charge in [-0.1, -0.05) is 54.4 Å². The first-order chi connectivity index (χ1) is 8.93. The number of hydrogen-bond donors (Lipinski definition) is 0. The summed E-state index contributed by atoms with van der Waals surface area (Å²) < 4.78 is 0. The lowest BCUT2D eigenvalue weighted by Crippen LogP contribution is -1.86. The van der Waals surface area contributed by atoms with E-state index in [0.29, 0.717) is 0 Å². The summed E-state index contributed by atoms with van der Waals surface area (Å²) in [5, 5.41) is 0. The highest BCUT2D eigenvalue weighted by molar-refractivity contribution is 5.30. The molecule has 0 N–H and O–H groups in total. The summed E-state index contributed by atoms with van der Waals surface area (Å²) in [5.41, 5.74) is 8.35. The van der Waals surface area contributed by atoms with E-state index in [1.54, 1.807) is 0 Å². The monoisotopic (exact) mass is 254 g/mol. The second kappa shape index (κ2) is 7.13. The topological polar surface area (TPSA) is 0 Å². The smallest absolute Gasteiger partial charge is 0.0305 e. The summed E-state index contributed by atoms with van der Waals surface area (Å²) in [7, 11) is 0. The van der Waals surface area contributed by atoms with Gasteiger partial charge in [0, 0.05) is 0 Å². The predicted octanol–water partition coefficient (Wildman–Crippen LogP) is 5.48. The van der Waals surface area contributed by atoms with Gasteiger partial charge in [-0.2, -0.15) is 0 Å². The first kappa shape index (κ1) is 15.5. The third kappa shape index (κ3) is 4.90. The molecule has 0 aliphatic carbocycles. The van der Waals surface area contributed by atoms with Crippen LogP contribution in [0.25, 0.3) is 0 Å². The Labute approximate surface area is 118 Å². The largest absolute Gasteiger partial charge is 0.0613 e. The molecule has 0 heteroatoms. The third-order valence-electron chi connectivity index (χ3n) is 3.55. The van der Waals surface area contributed by atoms with E-state index in [-0.39, 0.29) is 0 Å². The van der Waals surface area contributed by atoms with E-state index in [9.17, 15) is 0 Å². The zero-order valence-electron chi connectivity index (χ0n) is 13.2. The van der Waals surface area contributed by atoms with Gasteiger partial charge >= 0.3 is 0 Å². The van der Waals surface area contributed by atoms with Crippen LogP contribution in [0.1, 0.15) is 40.3 Å². The van der Waals surface area contributed by atoms with Crippen molar-refractivity contribution in [2.45, 2.75) is 48.0 Å². The van der Waals surface area contributed by atoms with Gasteiger partial charge in [-0.15, -0.1) is 0 Å². The average molecular weight is 254 g/mol. The maximum Gasteiger partial charge on any atom is -0.0305 e. The third-order valence-corrected chi connectivity index (χ3v) is 3.55. The van der Waals surface area contributed by atoms with Crippen LogP contribution in [0.2, 0.25) is 0 Å². The molecule has 0 spiro atoms. The summed E-state index contributed by atoms with van der Waals surface area (Å²) in [6, 6.07) is 13.1. The Morgan fingerprint density at radius 2 is 1.16 bits per heavy atom. The molecule has 0 heterocycles. The molecule has 0 saturated heterocycles. The molecular formula is C19H26. The van der Waals surface area contributed by atoms with Gasteiger partial charge in [-0.3, -0.25) is 0 Å². The number of benzene rings is 2. The van der Waals surface area contributed by atoms with Crippen LogP contribution in [-0.4, -0.2) is 0 Å². The highest BCUT2D eigenvalue weighted by Gasteiger charge is 1.93. The molecule has 0 fully saturated rings. The average Bonchev–Trinajstić information content (AvgIpc) is 2.38. The molecule has 102 valence electrons. The Balaban J connectivity index is 0.000000191. The Kier molecular flexibility index (Phi) is 5.82. The maximum atomic E-state index is 2.26. The number of rotatable bonds is 1. The zero-order valence-corrected chi connectivity index (χ0v) is 13.2. The van der Waals surface area contributed by atoms with Crippen molar-refractivity contribution in [2.75, 3.05) is 0 Å². The van der Waals surface area contributed by atoms with Gasteiger partial charge in [0.25, 0.3) is 0 Å². The van der Waals surface area contributed by atoms with E-state index in [2.05, 4.69) is 77.9 Å². The SMILES string of the molecule is CCc1cc(C)ccc1C.Cc1ccc(C)c(C)c1. The summed E-state index contributed by atoms with van der Waals surface area (Å²) >= 11 is 0. The molecule has 2 aromatic rings. The summed E-state index contributed by atoms with van der Waals surface area (Å²) in [6.45, 7) is 12.9. The normalized spacial score (nSPS) is 9.79. The van der Waals surface area contributed by atoms with E-state index in [1.165, 1.54) is 33.4 Å². The van der Waals surface area contributed by atoms with E-state index in [4.69, 9.17) is 0 Å². The molecule has 0 aliphatic heterocycles. The van der Waals surface area contributed by atoms with Crippen molar-refractivity contribution in [1.82, 2.24) is 0 Å². The second-order valence-electron chi connectivity index (χ2n) is 5.37. The predicted molar refractivity (Wildman–Crippen MR) is 85.9 cm³/mol. The lowest BCUT2D eigenvalue weighted by atomic mass is 10.0. The van der Waals surface area contributed by atoms with Gasteiger partial charge < -0.3 is 0 Å². The van der Waals surface area contributed by atoms with Crippen LogP contribution in [-0.2, 0) is 6.42 Å². The van der Waals surface area contributed by atoms with Gasteiger partial charge in [0.05, 0.1) is 0 Å². The van der Waals surface area contributed by atoms with Crippen molar-refractivity contribution in [3.05, 3.63) is 69.8 Å². The van der Waals surface area contributed by atoms with Crippen LogP contribution in [0.5, 0.6) is 0 Å². The van der Waals surface area contributed by atoms with Crippen molar-refractivity contribution in [3.8, 4) is 0 Å². The highest BCUT2D eigenvalue weighted by atomic mass is 14.0. The molecule has 0 aromatic heterocycles. The Hall–Kier alpha value is -1.56. The molecular weight excluding hydrogens is 228 g/mol. The molecule has 0 atom stereocenters. The molecule has 0 saturated carbocycles. The Bertz CT molecular complexity index is 536. The van der Waals surface area contributed by atoms with Crippen molar-refractivity contribution >= 4 is 0 Å². The maximum absolute atomic E-state index is 2.26. The minimum Gasteiger partial charge on any atom is -0.0613 e. The standard InChI is InChI=1S/C10H14.C9H12/c1-4-10-7-8(2)5-6-9(10)3;1-7-4-5-8(2)9(3)6-7/h5-7H,4H2,1-3H3;4-6H,1-3H3. The van der Waals surface area contributed by atoms with Crippen molar-refractivity contribution in [1.29, 1.82) is 0 Å². The van der Waals surface area contributed by atoms with Crippen LogP contribution >= 0.6 is 0 Å². The molecule has 0 radical (unpaired) electrons. The first-order valence-electron chi connectivity index (χ1n) is 7.04. The van der Waals surface area contributed by atoms with Gasteiger partial charge in [0.15, 0.2) is 0 Å². The fourth-order valence-electron chi connectivity index (χ4n) is 2.07. The van der Waals surface area contributed by atoms with Crippen molar-refractivity contribution in [2.24, 2.45) is 0 Å². The molecule has 2 aromatic carbocycles. The van der Waals surface area contributed by atoms with Crippen LogP contribution in [0.3, 0.4) is 0 Å². The van der Waals surface area contributed by atoms with E-state index in [1.807, 2.05) is 0 Å². The lowest BCUT2D eigenvalue weighted by molar-refractivity contribution is 1.10. The van der Waals surface area contributed by atoms with E-state index >= 15 is 0 Å². The van der Waals surface area contributed by atoms with Crippen LogP contribution < -0.4 is 0 Å². The quantitative estimate of drug-likeness (QED) is 0.632. The van der Waals surface area contributed by atoms with Crippen LogP contribution in [0, 0.1) is 34.6 Å². The number of aryl methyl sites for hydroxylation is 6. The minimum atomic E-state index is 1.15. The second-order valence-corrected chi connectivity index (χ2v) is 5.37. The number of hydrogen-bond acceptors (Lipinski definition) is 0. The summed E-state index contributed by atoms with van der Waals surface area (Å²) in [4.78, 5) is 0. The molecule has 0 amide bonds. The Morgan fingerprint density at radius 3 is 1.58 bits per heavy atom. The molecule has 0 bridgehead atoms. The van der Waals surface area contributed by atoms with E-state index < -0.39 is 0 Å². The molecule has 19 heavy (non-hydrogen) atoms. The van der Waals surface area contributed by atoms with Gasteiger partial charge in [-0.25, -0.2) is 0 Å². The fraction of sp³-hybridized carbons (Fsp3) is 0.368. The fourth-order valence-corrected chi connectivity index (χ4v) is 2.07. The summed E-state index contributed by atoms with van der Waals surface area (Å²) in [5.74, 6) is 0. The first-order valence-corrected chi connectivity index (χ1v) is 7.04. The van der Waals surface area contributed by atoms with E-state index in [0.717, 1.165) is 6.42 Å². The summed E-state index contributed by atoms with van der Waals surface area (Å²) in [6.07, 6.45) is 1.15. The molecule has 0 nitrogen and oxygen atoms in total. The van der Waals surface area contributed by atoms with Crippen LogP contribution in [0.15, 0.2) is 36.4 Å². The highest BCUT2D eigenvalue weighted by Crippen LogP contribution is 2.10. The zero-order chi connectivity index (χ0) is 14.4. The molecule has 0 aliphatic rings. The van der Waals surface area contributed by atoms with Gasteiger partial charge in [0.1, 0.15) is 0 Å². The van der Waals surface area contributed by atoms with Gasteiger partial charge in [0.2, 0.25) is 0 Å². The van der Waals surface area contributed by atoms with Gasteiger partial charge in [-0.05, 0) is 63.3 Å². The minimum absolute atomic E-state index is 1.15. The van der Waals surface area contributed by atoms with Crippen molar-refractivity contribution < 1.29 is 0 Å².